The Hall–Kier alpha value is -1.23. The average molecular weight is 299 g/mol. The second-order valence-electron chi connectivity index (χ2n) is 3.60. The number of thiophene rings is 1. The number of benzene rings is 1. The van der Waals surface area contributed by atoms with Crippen molar-refractivity contribution >= 4 is 45.4 Å². The van der Waals surface area contributed by atoms with E-state index in [0.717, 1.165) is 4.88 Å². The fraction of sp³-hybridized carbons (Fsp3) is 0. The molecule has 2 aromatic heterocycles. The van der Waals surface area contributed by atoms with Crippen molar-refractivity contribution in [3.63, 3.8) is 0 Å². The van der Waals surface area contributed by atoms with Crippen molar-refractivity contribution in [2.75, 3.05) is 0 Å². The Morgan fingerprint density at radius 2 is 1.94 bits per heavy atom. The van der Waals surface area contributed by atoms with E-state index < -0.39 is 0 Å². The van der Waals surface area contributed by atoms with E-state index in [1.807, 2.05) is 5.38 Å². The normalized spacial score (nSPS) is 11.1. The Bertz CT molecular complexity index is 742. The molecule has 2 heterocycles. The van der Waals surface area contributed by atoms with Crippen LogP contribution in [-0.4, -0.2) is 9.97 Å². The molecule has 0 aliphatic carbocycles. The molecule has 3 rings (SSSR count). The summed E-state index contributed by atoms with van der Waals surface area (Å²) in [7, 11) is 0. The minimum Gasteiger partial charge on any atom is -0.227 e. The summed E-state index contributed by atoms with van der Waals surface area (Å²) < 4.78 is 13.2. The zero-order valence-electron chi connectivity index (χ0n) is 8.82. The van der Waals surface area contributed by atoms with E-state index in [0.29, 0.717) is 26.9 Å². The number of aromatic nitrogens is 2. The predicted octanol–water partition coefficient (Wildman–Crippen LogP) is 4.80. The number of nitrogens with zero attached hydrogens (tertiary/aromatic N) is 2. The molecular weight excluding hydrogens is 294 g/mol. The molecule has 18 heavy (non-hydrogen) atoms. The molecule has 0 saturated heterocycles. The smallest absolute Gasteiger partial charge is 0.173 e. The third kappa shape index (κ3) is 1.96. The van der Waals surface area contributed by atoms with E-state index in [2.05, 4.69) is 9.97 Å². The van der Waals surface area contributed by atoms with Gasteiger partial charge in [0.25, 0.3) is 0 Å². The van der Waals surface area contributed by atoms with Gasteiger partial charge >= 0.3 is 0 Å². The molecule has 0 aliphatic rings. The van der Waals surface area contributed by atoms with E-state index in [1.165, 1.54) is 23.5 Å². The lowest BCUT2D eigenvalue weighted by molar-refractivity contribution is 0.629. The summed E-state index contributed by atoms with van der Waals surface area (Å²) in [5.74, 6) is 0.0543. The first-order valence-corrected chi connectivity index (χ1v) is 6.65. The highest BCUT2D eigenvalue weighted by Crippen LogP contribution is 2.33. The fourth-order valence-corrected chi connectivity index (χ4v) is 2.93. The lowest BCUT2D eigenvalue weighted by Crippen LogP contribution is -1.91. The molecule has 0 fully saturated rings. The van der Waals surface area contributed by atoms with Crippen LogP contribution in [0.3, 0.4) is 0 Å². The van der Waals surface area contributed by atoms with Crippen LogP contribution in [-0.2, 0) is 0 Å². The van der Waals surface area contributed by atoms with Gasteiger partial charge in [-0.3, -0.25) is 0 Å². The summed E-state index contributed by atoms with van der Waals surface area (Å²) >= 11 is 13.5. The molecule has 0 N–H and O–H groups in total. The van der Waals surface area contributed by atoms with Gasteiger partial charge in [0.15, 0.2) is 5.82 Å². The summed E-state index contributed by atoms with van der Waals surface area (Å²) in [4.78, 5) is 9.21. The van der Waals surface area contributed by atoms with E-state index in [1.54, 1.807) is 12.1 Å². The Morgan fingerprint density at radius 3 is 2.67 bits per heavy atom. The van der Waals surface area contributed by atoms with Gasteiger partial charge in [-0.2, -0.15) is 0 Å². The molecule has 0 amide bonds. The zero-order chi connectivity index (χ0) is 12.7. The van der Waals surface area contributed by atoms with E-state index >= 15 is 0 Å². The lowest BCUT2D eigenvalue weighted by Gasteiger charge is -2.03. The van der Waals surface area contributed by atoms with Crippen LogP contribution in [0, 0.1) is 5.82 Å². The van der Waals surface area contributed by atoms with Crippen LogP contribution in [0.5, 0.6) is 0 Å². The molecule has 0 radical (unpaired) electrons. The van der Waals surface area contributed by atoms with Crippen molar-refractivity contribution in [1.82, 2.24) is 9.97 Å². The van der Waals surface area contributed by atoms with Gasteiger partial charge in [-0.1, -0.05) is 23.2 Å². The summed E-state index contributed by atoms with van der Waals surface area (Å²) in [6, 6.07) is 5.98. The Balaban J connectivity index is 2.30. The molecule has 2 nitrogen and oxygen atoms in total. The van der Waals surface area contributed by atoms with Gasteiger partial charge in [-0.15, -0.1) is 11.3 Å². The monoisotopic (exact) mass is 298 g/mol. The van der Waals surface area contributed by atoms with Gasteiger partial charge in [0.05, 0.1) is 15.4 Å². The molecule has 90 valence electrons. The number of hydrogen-bond donors (Lipinski definition) is 0. The summed E-state index contributed by atoms with van der Waals surface area (Å²) in [5, 5.41) is 3.31. The maximum absolute atomic E-state index is 13.2. The molecule has 1 aromatic carbocycles. The molecular formula is C12H5Cl2FN2S. The van der Waals surface area contributed by atoms with Crippen LogP contribution in [0.25, 0.3) is 21.6 Å². The molecule has 0 aliphatic heterocycles. The summed E-state index contributed by atoms with van der Waals surface area (Å²) in [6.07, 6.45) is 0. The summed E-state index contributed by atoms with van der Waals surface area (Å²) in [5.41, 5.74) is 0.467. The highest BCUT2D eigenvalue weighted by atomic mass is 35.5. The largest absolute Gasteiger partial charge is 0.227 e. The Labute approximate surface area is 116 Å². The number of halogens is 3. The minimum atomic E-state index is -0.361. The van der Waals surface area contributed by atoms with E-state index in [-0.39, 0.29) is 5.82 Å². The van der Waals surface area contributed by atoms with Crippen molar-refractivity contribution in [3.05, 3.63) is 45.6 Å². The second-order valence-corrected chi connectivity index (χ2v) is 5.28. The van der Waals surface area contributed by atoms with E-state index in [4.69, 9.17) is 23.2 Å². The number of hydrogen-bond acceptors (Lipinski definition) is 3. The number of fused-ring (bicyclic) bond motifs is 1. The van der Waals surface area contributed by atoms with Crippen molar-refractivity contribution in [2.24, 2.45) is 0 Å². The van der Waals surface area contributed by atoms with Crippen LogP contribution in [0.15, 0.2) is 29.6 Å². The lowest BCUT2D eigenvalue weighted by atomic mass is 10.2. The van der Waals surface area contributed by atoms with Crippen molar-refractivity contribution in [1.29, 1.82) is 0 Å². The first kappa shape index (κ1) is 11.8. The summed E-state index contributed by atoms with van der Waals surface area (Å²) in [6.45, 7) is 0. The highest BCUT2D eigenvalue weighted by molar-refractivity contribution is 7.14. The highest BCUT2D eigenvalue weighted by Gasteiger charge is 2.12. The average Bonchev–Trinajstić information content (AvgIpc) is 2.74. The first-order chi connectivity index (χ1) is 8.65. The Kier molecular flexibility index (Phi) is 2.93. The van der Waals surface area contributed by atoms with Gasteiger partial charge in [0.1, 0.15) is 11.0 Å². The van der Waals surface area contributed by atoms with Gasteiger partial charge in [0.2, 0.25) is 0 Å². The molecule has 0 unspecified atom stereocenters. The van der Waals surface area contributed by atoms with Crippen LogP contribution in [0.1, 0.15) is 0 Å². The molecule has 0 atom stereocenters. The number of rotatable bonds is 1. The molecule has 0 spiro atoms. The first-order valence-electron chi connectivity index (χ1n) is 5.01. The molecule has 0 saturated carbocycles. The molecule has 3 aromatic rings. The van der Waals surface area contributed by atoms with Crippen molar-refractivity contribution < 1.29 is 4.39 Å². The predicted molar refractivity (Wildman–Crippen MR) is 72.8 cm³/mol. The van der Waals surface area contributed by atoms with Crippen molar-refractivity contribution in [2.45, 2.75) is 0 Å². The third-order valence-electron chi connectivity index (χ3n) is 2.43. The minimum absolute atomic E-state index is 0.291. The maximum Gasteiger partial charge on any atom is 0.173 e. The van der Waals surface area contributed by atoms with Crippen LogP contribution < -0.4 is 0 Å². The zero-order valence-corrected chi connectivity index (χ0v) is 11.2. The van der Waals surface area contributed by atoms with Crippen LogP contribution >= 0.6 is 34.5 Å². The van der Waals surface area contributed by atoms with Crippen molar-refractivity contribution in [3.8, 4) is 10.7 Å². The third-order valence-corrected chi connectivity index (χ3v) is 4.06. The van der Waals surface area contributed by atoms with Crippen LogP contribution in [0.2, 0.25) is 10.2 Å². The Morgan fingerprint density at radius 1 is 1.11 bits per heavy atom. The second kappa shape index (κ2) is 4.46. The van der Waals surface area contributed by atoms with Crippen LogP contribution in [0.4, 0.5) is 4.39 Å². The van der Waals surface area contributed by atoms with Gasteiger partial charge < -0.3 is 0 Å². The molecule has 6 heteroatoms. The topological polar surface area (TPSA) is 25.8 Å². The standard InChI is InChI=1S/C12H5Cl2FN2S/c13-8-3-4-18-10(8)12-16-9-5-6(15)1-2-7(9)11(14)17-12/h1-5H. The van der Waals surface area contributed by atoms with Gasteiger partial charge in [-0.05, 0) is 23.6 Å². The quantitative estimate of drug-likeness (QED) is 0.603. The SMILES string of the molecule is Fc1ccc2c(Cl)nc(-c3sccc3Cl)nc2c1. The van der Waals surface area contributed by atoms with Gasteiger partial charge in [-0.25, -0.2) is 14.4 Å². The maximum atomic E-state index is 13.2. The van der Waals surface area contributed by atoms with Gasteiger partial charge in [0, 0.05) is 11.5 Å². The van der Waals surface area contributed by atoms with E-state index in [9.17, 15) is 4.39 Å². The molecule has 0 bridgehead atoms. The fourth-order valence-electron chi connectivity index (χ4n) is 1.62.